The number of nitrogens with one attached hydrogen (secondary N) is 1. The number of likely N-dealkylation sites (tertiary alicyclic amines) is 1. The summed E-state index contributed by atoms with van der Waals surface area (Å²) in [5.74, 6) is 0.737. The van der Waals surface area contributed by atoms with Gasteiger partial charge in [-0.3, -0.25) is 4.79 Å². The zero-order valence-electron chi connectivity index (χ0n) is 15.4. The van der Waals surface area contributed by atoms with Crippen LogP contribution in [0.1, 0.15) is 28.8 Å². The van der Waals surface area contributed by atoms with Gasteiger partial charge in [-0.25, -0.2) is 0 Å². The minimum absolute atomic E-state index is 0.0205. The first-order valence-electron chi connectivity index (χ1n) is 9.20. The van der Waals surface area contributed by atoms with Gasteiger partial charge in [0.2, 0.25) is 0 Å². The molecule has 144 valence electrons. The van der Waals surface area contributed by atoms with Gasteiger partial charge in [0.15, 0.2) is 0 Å². The average Bonchev–Trinajstić information content (AvgIpc) is 2.66. The van der Waals surface area contributed by atoms with E-state index in [2.05, 4.69) is 10.2 Å². The van der Waals surface area contributed by atoms with Gasteiger partial charge in [-0.1, -0.05) is 40.9 Å². The molecule has 27 heavy (non-hydrogen) atoms. The fourth-order valence-corrected chi connectivity index (χ4v) is 3.42. The molecule has 0 radical (unpaired) electrons. The lowest BCUT2D eigenvalue weighted by atomic mass is 10.1. The summed E-state index contributed by atoms with van der Waals surface area (Å²) in [4.78, 5) is 14.5. The zero-order valence-corrected chi connectivity index (χ0v) is 16.9. The third-order valence-electron chi connectivity index (χ3n) is 4.76. The van der Waals surface area contributed by atoms with Crippen molar-refractivity contribution < 1.29 is 9.53 Å². The van der Waals surface area contributed by atoms with Gasteiger partial charge in [0.25, 0.3) is 5.91 Å². The molecule has 1 saturated heterocycles. The van der Waals surface area contributed by atoms with Gasteiger partial charge in [0.05, 0.1) is 10.0 Å². The van der Waals surface area contributed by atoms with Gasteiger partial charge >= 0.3 is 0 Å². The molecule has 0 saturated carbocycles. The molecule has 1 N–H and O–H groups in total. The summed E-state index contributed by atoms with van der Waals surface area (Å²) in [5.41, 5.74) is 1.85. The molecule has 6 heteroatoms. The van der Waals surface area contributed by atoms with Crippen LogP contribution in [0.15, 0.2) is 42.5 Å². The third-order valence-corrected chi connectivity index (χ3v) is 5.49. The van der Waals surface area contributed by atoms with Crippen molar-refractivity contribution in [1.29, 1.82) is 0 Å². The number of hydrogen-bond acceptors (Lipinski definition) is 3. The van der Waals surface area contributed by atoms with Crippen LogP contribution in [0.3, 0.4) is 0 Å². The van der Waals surface area contributed by atoms with Gasteiger partial charge in [-0.05, 0) is 44.0 Å². The number of hydrogen-bond donors (Lipinski definition) is 1. The minimum Gasteiger partial charge on any atom is -0.490 e. The monoisotopic (exact) mass is 406 g/mol. The quantitative estimate of drug-likeness (QED) is 0.763. The molecule has 0 spiro atoms. The van der Waals surface area contributed by atoms with Crippen molar-refractivity contribution in [1.82, 2.24) is 10.2 Å². The highest BCUT2D eigenvalue weighted by atomic mass is 35.5. The number of carbonyl (C=O) groups is 1. The van der Waals surface area contributed by atoms with Crippen LogP contribution in [0, 0.1) is 6.92 Å². The van der Waals surface area contributed by atoms with E-state index >= 15 is 0 Å². The van der Waals surface area contributed by atoms with Crippen molar-refractivity contribution in [2.24, 2.45) is 0 Å². The highest BCUT2D eigenvalue weighted by molar-refractivity contribution is 6.42. The van der Waals surface area contributed by atoms with Gasteiger partial charge in [0, 0.05) is 37.8 Å². The molecule has 1 fully saturated rings. The van der Waals surface area contributed by atoms with Crippen LogP contribution in [0.2, 0.25) is 10.0 Å². The number of carbonyl (C=O) groups excluding carboxylic acids is 1. The Morgan fingerprint density at radius 2 is 1.81 bits per heavy atom. The Labute approximate surface area is 170 Å². The van der Waals surface area contributed by atoms with E-state index in [4.69, 9.17) is 27.9 Å². The smallest absolute Gasteiger partial charge is 0.251 e. The van der Waals surface area contributed by atoms with Crippen LogP contribution in [0.5, 0.6) is 5.75 Å². The molecule has 1 amide bonds. The molecule has 0 aliphatic carbocycles. The van der Waals surface area contributed by atoms with E-state index in [9.17, 15) is 4.79 Å². The molecule has 0 unspecified atom stereocenters. The number of ether oxygens (including phenoxy) is 1. The third kappa shape index (κ3) is 5.86. The normalized spacial score (nSPS) is 15.5. The van der Waals surface area contributed by atoms with Crippen LogP contribution < -0.4 is 10.1 Å². The number of piperidine rings is 1. The lowest BCUT2D eigenvalue weighted by Gasteiger charge is -2.32. The van der Waals surface area contributed by atoms with Gasteiger partial charge in [0.1, 0.15) is 11.9 Å². The number of nitrogens with zero attached hydrogens (tertiary/aromatic N) is 1. The first-order valence-corrected chi connectivity index (χ1v) is 9.96. The maximum absolute atomic E-state index is 12.1. The molecule has 4 nitrogen and oxygen atoms in total. The topological polar surface area (TPSA) is 41.6 Å². The second kappa shape index (κ2) is 9.45. The van der Waals surface area contributed by atoms with Gasteiger partial charge in [-0.15, -0.1) is 0 Å². The first kappa shape index (κ1) is 20.0. The van der Waals surface area contributed by atoms with Crippen molar-refractivity contribution in [2.45, 2.75) is 25.9 Å². The molecular formula is C21H24Cl2N2O2. The fraction of sp³-hybridized carbons (Fsp3) is 0.381. The lowest BCUT2D eigenvalue weighted by Crippen LogP contribution is -2.42. The van der Waals surface area contributed by atoms with Crippen molar-refractivity contribution in [3.8, 4) is 5.75 Å². The molecule has 0 aromatic heterocycles. The van der Waals surface area contributed by atoms with Crippen LogP contribution in [0.25, 0.3) is 0 Å². The molecule has 1 heterocycles. The summed E-state index contributed by atoms with van der Waals surface area (Å²) in [6.45, 7) is 5.40. The molecule has 2 aromatic rings. The fourth-order valence-electron chi connectivity index (χ4n) is 3.13. The van der Waals surface area contributed by atoms with Crippen molar-refractivity contribution >= 4 is 29.1 Å². The summed E-state index contributed by atoms with van der Waals surface area (Å²) in [6.07, 6.45) is 2.08. The molecule has 1 aliphatic heterocycles. The SMILES string of the molecule is Cc1ccc(C(=O)NCCN2CCC(Oc3ccc(Cl)c(Cl)c3)CC2)cc1. The highest BCUT2D eigenvalue weighted by Crippen LogP contribution is 2.28. The number of aryl methyl sites for hydroxylation is 1. The van der Waals surface area contributed by atoms with E-state index in [0.29, 0.717) is 22.2 Å². The predicted octanol–water partition coefficient (Wildman–Crippen LogP) is 4.58. The van der Waals surface area contributed by atoms with E-state index < -0.39 is 0 Å². The first-order chi connectivity index (χ1) is 13.0. The predicted molar refractivity (Wildman–Crippen MR) is 110 cm³/mol. The molecule has 1 aliphatic rings. The summed E-state index contributed by atoms with van der Waals surface area (Å²) in [6, 6.07) is 13.0. The zero-order chi connectivity index (χ0) is 19.2. The number of halogens is 2. The maximum Gasteiger partial charge on any atom is 0.251 e. The Kier molecular flexibility index (Phi) is 7.00. The lowest BCUT2D eigenvalue weighted by molar-refractivity contribution is 0.0905. The standard InChI is InChI=1S/C21H24Cl2N2O2/c1-15-2-4-16(5-3-15)21(26)24-10-13-25-11-8-17(9-12-25)27-18-6-7-19(22)20(23)14-18/h2-7,14,17H,8-13H2,1H3,(H,24,26). The molecule has 0 atom stereocenters. The van der Waals surface area contributed by atoms with Gasteiger partial charge < -0.3 is 15.0 Å². The van der Waals surface area contributed by atoms with E-state index in [1.54, 1.807) is 12.1 Å². The Morgan fingerprint density at radius 3 is 2.48 bits per heavy atom. The second-order valence-corrected chi connectivity index (χ2v) is 7.67. The second-order valence-electron chi connectivity index (χ2n) is 6.86. The number of amides is 1. The molecule has 2 aromatic carbocycles. The summed E-state index contributed by atoms with van der Waals surface area (Å²) in [5, 5.41) is 4.03. The van der Waals surface area contributed by atoms with Crippen molar-refractivity contribution in [2.75, 3.05) is 26.2 Å². The Bertz CT molecular complexity index is 772. The van der Waals surface area contributed by atoms with Crippen LogP contribution in [0.4, 0.5) is 0 Å². The van der Waals surface area contributed by atoms with E-state index in [1.807, 2.05) is 37.3 Å². The van der Waals surface area contributed by atoms with Crippen LogP contribution >= 0.6 is 23.2 Å². The largest absolute Gasteiger partial charge is 0.490 e. The highest BCUT2D eigenvalue weighted by Gasteiger charge is 2.20. The summed E-state index contributed by atoms with van der Waals surface area (Å²) in [7, 11) is 0. The Balaban J connectivity index is 1.37. The summed E-state index contributed by atoms with van der Waals surface area (Å²) >= 11 is 12.0. The van der Waals surface area contributed by atoms with Crippen molar-refractivity contribution in [3.63, 3.8) is 0 Å². The minimum atomic E-state index is -0.0205. The van der Waals surface area contributed by atoms with E-state index in [-0.39, 0.29) is 12.0 Å². The van der Waals surface area contributed by atoms with E-state index in [0.717, 1.165) is 43.8 Å². The molecule has 0 bridgehead atoms. The average molecular weight is 407 g/mol. The van der Waals surface area contributed by atoms with E-state index in [1.165, 1.54) is 0 Å². The van der Waals surface area contributed by atoms with Crippen LogP contribution in [-0.2, 0) is 0 Å². The van der Waals surface area contributed by atoms with Crippen molar-refractivity contribution in [3.05, 3.63) is 63.6 Å². The van der Waals surface area contributed by atoms with Crippen LogP contribution in [-0.4, -0.2) is 43.1 Å². The maximum atomic E-state index is 12.1. The Morgan fingerprint density at radius 1 is 1.11 bits per heavy atom. The summed E-state index contributed by atoms with van der Waals surface area (Å²) < 4.78 is 6.01. The number of rotatable bonds is 6. The Hall–Kier alpha value is -1.75. The molecular weight excluding hydrogens is 383 g/mol. The van der Waals surface area contributed by atoms with Gasteiger partial charge in [-0.2, -0.15) is 0 Å². The number of benzene rings is 2. The molecule has 3 rings (SSSR count).